The SMILES string of the molecule is C/C=C\c1cc(C)cc2c1C=CCCC2=O.CC. The van der Waals surface area contributed by atoms with Crippen LogP contribution in [0.3, 0.4) is 0 Å². The number of carbonyl (C=O) groups is 1. The van der Waals surface area contributed by atoms with E-state index >= 15 is 0 Å². The quantitative estimate of drug-likeness (QED) is 0.674. The van der Waals surface area contributed by atoms with Crippen LogP contribution < -0.4 is 0 Å². The van der Waals surface area contributed by atoms with Gasteiger partial charge in [0.05, 0.1) is 0 Å². The van der Waals surface area contributed by atoms with Gasteiger partial charge in [0.2, 0.25) is 0 Å². The van der Waals surface area contributed by atoms with Gasteiger partial charge in [0.1, 0.15) is 0 Å². The Morgan fingerprint density at radius 1 is 1.22 bits per heavy atom. The zero-order chi connectivity index (χ0) is 13.5. The molecule has 0 aromatic heterocycles. The van der Waals surface area contributed by atoms with Crippen LogP contribution in [0.25, 0.3) is 12.2 Å². The van der Waals surface area contributed by atoms with E-state index in [2.05, 4.69) is 24.3 Å². The Morgan fingerprint density at radius 3 is 2.61 bits per heavy atom. The smallest absolute Gasteiger partial charge is 0.163 e. The molecule has 0 unspecified atom stereocenters. The summed E-state index contributed by atoms with van der Waals surface area (Å²) in [6.45, 7) is 8.03. The normalized spacial score (nSPS) is 13.9. The Hall–Kier alpha value is -1.63. The number of hydrogen-bond acceptors (Lipinski definition) is 1. The van der Waals surface area contributed by atoms with Crippen LogP contribution in [0.2, 0.25) is 0 Å². The van der Waals surface area contributed by atoms with Gasteiger partial charge in [-0.2, -0.15) is 0 Å². The number of fused-ring (bicyclic) bond motifs is 1. The van der Waals surface area contributed by atoms with Crippen molar-refractivity contribution in [2.24, 2.45) is 0 Å². The number of hydrogen-bond donors (Lipinski definition) is 0. The molecule has 0 amide bonds. The second-order valence-electron chi connectivity index (χ2n) is 4.18. The van der Waals surface area contributed by atoms with Crippen LogP contribution >= 0.6 is 0 Å². The third-order valence-electron chi connectivity index (χ3n) is 2.83. The van der Waals surface area contributed by atoms with Crippen molar-refractivity contribution in [2.75, 3.05) is 0 Å². The number of benzene rings is 1. The van der Waals surface area contributed by atoms with Crippen LogP contribution in [0.5, 0.6) is 0 Å². The molecule has 0 spiro atoms. The van der Waals surface area contributed by atoms with Crippen LogP contribution in [-0.2, 0) is 0 Å². The second kappa shape index (κ2) is 6.95. The summed E-state index contributed by atoms with van der Waals surface area (Å²) in [4.78, 5) is 12.0. The number of aryl methyl sites for hydroxylation is 1. The van der Waals surface area contributed by atoms with Gasteiger partial charge in [-0.15, -0.1) is 0 Å². The molecule has 1 aliphatic carbocycles. The first kappa shape index (κ1) is 14.4. The van der Waals surface area contributed by atoms with Crippen molar-refractivity contribution in [3.05, 3.63) is 46.5 Å². The Kier molecular flexibility index (Phi) is 5.57. The maximum atomic E-state index is 12.0. The van der Waals surface area contributed by atoms with Gasteiger partial charge in [0.25, 0.3) is 0 Å². The summed E-state index contributed by atoms with van der Waals surface area (Å²) in [5.74, 6) is 0.259. The van der Waals surface area contributed by atoms with Crippen molar-refractivity contribution < 1.29 is 4.79 Å². The lowest BCUT2D eigenvalue weighted by molar-refractivity contribution is 0.0984. The molecular weight excluding hydrogens is 220 g/mol. The molecule has 0 saturated carbocycles. The number of carbonyl (C=O) groups excluding carboxylic acids is 1. The lowest BCUT2D eigenvalue weighted by Gasteiger charge is -2.08. The van der Waals surface area contributed by atoms with Crippen molar-refractivity contribution in [2.45, 2.75) is 40.5 Å². The zero-order valence-corrected chi connectivity index (χ0v) is 11.8. The second-order valence-corrected chi connectivity index (χ2v) is 4.18. The van der Waals surface area contributed by atoms with E-state index in [0.29, 0.717) is 6.42 Å². The zero-order valence-electron chi connectivity index (χ0n) is 11.8. The first-order chi connectivity index (χ1) is 8.72. The van der Waals surface area contributed by atoms with Crippen LogP contribution in [0.15, 0.2) is 24.3 Å². The molecule has 96 valence electrons. The lowest BCUT2D eigenvalue weighted by Crippen LogP contribution is -2.01. The fourth-order valence-electron chi connectivity index (χ4n) is 2.11. The van der Waals surface area contributed by atoms with Crippen LogP contribution in [0, 0.1) is 6.92 Å². The Bertz CT molecular complexity index is 479. The van der Waals surface area contributed by atoms with Gasteiger partial charge in [0, 0.05) is 12.0 Å². The third kappa shape index (κ3) is 3.19. The molecule has 0 atom stereocenters. The largest absolute Gasteiger partial charge is 0.294 e. The van der Waals surface area contributed by atoms with Crippen molar-refractivity contribution in [1.29, 1.82) is 0 Å². The molecular formula is C17H22O. The highest BCUT2D eigenvalue weighted by atomic mass is 16.1. The molecule has 0 N–H and O–H groups in total. The number of rotatable bonds is 1. The number of allylic oxidation sites excluding steroid dienone is 2. The predicted octanol–water partition coefficient (Wildman–Crippen LogP) is 5.04. The van der Waals surface area contributed by atoms with Gasteiger partial charge in [-0.1, -0.05) is 44.2 Å². The van der Waals surface area contributed by atoms with Crippen LogP contribution in [-0.4, -0.2) is 5.78 Å². The van der Waals surface area contributed by atoms with E-state index < -0.39 is 0 Å². The maximum absolute atomic E-state index is 12.0. The molecule has 0 fully saturated rings. The molecule has 0 saturated heterocycles. The van der Waals surface area contributed by atoms with E-state index in [1.165, 1.54) is 0 Å². The highest BCUT2D eigenvalue weighted by molar-refractivity contribution is 6.01. The summed E-state index contributed by atoms with van der Waals surface area (Å²) in [6.07, 6.45) is 9.72. The van der Waals surface area contributed by atoms with Crippen LogP contribution in [0.4, 0.5) is 0 Å². The molecule has 1 nitrogen and oxygen atoms in total. The van der Waals surface area contributed by atoms with E-state index in [1.54, 1.807) is 0 Å². The van der Waals surface area contributed by atoms with Crippen molar-refractivity contribution in [1.82, 2.24) is 0 Å². The summed E-state index contributed by atoms with van der Waals surface area (Å²) in [7, 11) is 0. The lowest BCUT2D eigenvalue weighted by atomic mass is 9.95. The fraction of sp³-hybridized carbons (Fsp3) is 0.353. The Morgan fingerprint density at radius 2 is 1.94 bits per heavy atom. The van der Waals surface area contributed by atoms with Gasteiger partial charge in [-0.3, -0.25) is 4.79 Å². The minimum Gasteiger partial charge on any atom is -0.294 e. The maximum Gasteiger partial charge on any atom is 0.163 e. The van der Waals surface area contributed by atoms with Crippen LogP contribution in [0.1, 0.15) is 60.7 Å². The molecule has 0 aliphatic heterocycles. The summed E-state index contributed by atoms with van der Waals surface area (Å²) < 4.78 is 0. The van der Waals surface area contributed by atoms with Gasteiger partial charge in [0.15, 0.2) is 5.78 Å². The first-order valence-corrected chi connectivity index (χ1v) is 6.69. The molecule has 1 aromatic rings. The van der Waals surface area contributed by atoms with E-state index in [9.17, 15) is 4.79 Å². The minimum absolute atomic E-state index is 0.259. The topological polar surface area (TPSA) is 17.1 Å². The highest BCUT2D eigenvalue weighted by Crippen LogP contribution is 2.25. The highest BCUT2D eigenvalue weighted by Gasteiger charge is 2.14. The summed E-state index contributed by atoms with van der Waals surface area (Å²) in [6, 6.07) is 4.13. The molecule has 0 radical (unpaired) electrons. The molecule has 18 heavy (non-hydrogen) atoms. The van der Waals surface area contributed by atoms with Crippen molar-refractivity contribution in [3.8, 4) is 0 Å². The average Bonchev–Trinajstić information content (AvgIpc) is 2.55. The van der Waals surface area contributed by atoms with E-state index in [4.69, 9.17) is 0 Å². The summed E-state index contributed by atoms with van der Waals surface area (Å²) in [5.41, 5.74) is 4.24. The molecule has 2 rings (SSSR count). The molecule has 1 aliphatic rings. The van der Waals surface area contributed by atoms with E-state index in [1.807, 2.05) is 39.8 Å². The first-order valence-electron chi connectivity index (χ1n) is 6.69. The van der Waals surface area contributed by atoms with Gasteiger partial charge < -0.3 is 0 Å². The fourth-order valence-corrected chi connectivity index (χ4v) is 2.11. The monoisotopic (exact) mass is 242 g/mol. The van der Waals surface area contributed by atoms with E-state index in [0.717, 1.165) is 28.7 Å². The Balaban J connectivity index is 0.000000771. The molecule has 1 heteroatoms. The standard InChI is InChI=1S/C15H16O.C2H6/c1-3-6-12-9-11(2)10-14-13(12)7-4-5-8-15(14)16;1-2/h3-4,6-7,9-10H,5,8H2,1-2H3;1-2H3/b6-3-;. The van der Waals surface area contributed by atoms with Gasteiger partial charge in [-0.25, -0.2) is 0 Å². The van der Waals surface area contributed by atoms with Crippen molar-refractivity contribution >= 4 is 17.9 Å². The number of Topliss-reactive ketones (excluding diaryl/α,β-unsaturated/α-hetero) is 1. The molecule has 0 heterocycles. The van der Waals surface area contributed by atoms with Gasteiger partial charge >= 0.3 is 0 Å². The third-order valence-corrected chi connectivity index (χ3v) is 2.83. The Labute approximate surface area is 110 Å². The van der Waals surface area contributed by atoms with E-state index in [-0.39, 0.29) is 5.78 Å². The minimum atomic E-state index is 0.259. The molecule has 0 bridgehead atoms. The molecule has 1 aromatic carbocycles. The number of ketones is 1. The summed E-state index contributed by atoms with van der Waals surface area (Å²) >= 11 is 0. The van der Waals surface area contributed by atoms with Gasteiger partial charge in [-0.05, 0) is 43.0 Å². The average molecular weight is 242 g/mol. The predicted molar refractivity (Wildman–Crippen MR) is 79.8 cm³/mol. The van der Waals surface area contributed by atoms with Crippen molar-refractivity contribution in [3.63, 3.8) is 0 Å². The summed E-state index contributed by atoms with van der Waals surface area (Å²) in [5, 5.41) is 0.